The molecule has 6 rings (SSSR count). The average molecular weight is 471 g/mol. The van der Waals surface area contributed by atoms with E-state index in [4.69, 9.17) is 14.2 Å². The first kappa shape index (κ1) is 22.5. The fraction of sp³-hybridized carbons (Fsp3) is 0.741. The summed E-state index contributed by atoms with van der Waals surface area (Å²) in [6.07, 6.45) is 5.79. The lowest BCUT2D eigenvalue weighted by molar-refractivity contribution is -0.163. The van der Waals surface area contributed by atoms with Crippen molar-refractivity contribution in [3.63, 3.8) is 0 Å². The van der Waals surface area contributed by atoms with Gasteiger partial charge in [-0.05, 0) is 85.4 Å². The van der Waals surface area contributed by atoms with E-state index in [1.54, 1.807) is 13.2 Å². The summed E-state index contributed by atoms with van der Waals surface area (Å²) in [5.74, 6) is 1.98. The number of likely N-dealkylation sites (N-methyl/N-ethyl adjacent to an activating group) is 1. The van der Waals surface area contributed by atoms with Crippen molar-refractivity contribution in [2.24, 2.45) is 5.92 Å². The van der Waals surface area contributed by atoms with E-state index in [-0.39, 0.29) is 35.3 Å². The fourth-order valence-electron chi connectivity index (χ4n) is 8.09. The van der Waals surface area contributed by atoms with E-state index in [0.29, 0.717) is 17.7 Å². The number of rotatable bonds is 3. The number of nitrogens with zero attached hydrogens (tertiary/aromatic N) is 2. The number of hydrogen-bond donors (Lipinski definition) is 1. The number of carbonyl (C=O) groups excluding carboxylic acids is 1. The predicted molar refractivity (Wildman–Crippen MR) is 128 cm³/mol. The number of piperidine rings is 1. The van der Waals surface area contributed by atoms with E-state index in [0.717, 1.165) is 57.4 Å². The Hall–Kier alpha value is -1.99. The molecule has 3 fully saturated rings. The number of hydrogen-bond acceptors (Lipinski definition) is 7. The van der Waals surface area contributed by atoms with Crippen molar-refractivity contribution in [2.45, 2.75) is 94.5 Å². The van der Waals surface area contributed by atoms with E-state index in [2.05, 4.69) is 16.8 Å². The minimum absolute atomic E-state index is 0.0717. The molecule has 1 N–H and O–H groups in total. The maximum Gasteiger partial charge on any atom is 0.323 e. The number of benzene rings is 1. The highest BCUT2D eigenvalue weighted by Gasteiger charge is 2.67. The Balaban J connectivity index is 1.43. The van der Waals surface area contributed by atoms with Crippen LogP contribution < -0.4 is 9.47 Å². The first-order chi connectivity index (χ1) is 16.2. The second kappa shape index (κ2) is 7.50. The van der Waals surface area contributed by atoms with Crippen molar-refractivity contribution in [1.29, 1.82) is 0 Å². The summed E-state index contributed by atoms with van der Waals surface area (Å²) < 4.78 is 18.4. The normalized spacial score (nSPS) is 36.7. The van der Waals surface area contributed by atoms with E-state index in [1.165, 1.54) is 11.1 Å². The Morgan fingerprint density at radius 1 is 1.21 bits per heavy atom. The molecule has 7 nitrogen and oxygen atoms in total. The molecule has 2 aliphatic carbocycles. The molecule has 1 aromatic carbocycles. The molecule has 1 spiro atoms. The molecule has 2 bridgehead atoms. The van der Waals surface area contributed by atoms with Crippen molar-refractivity contribution in [2.75, 3.05) is 27.2 Å². The molecule has 2 saturated heterocycles. The van der Waals surface area contributed by atoms with Crippen molar-refractivity contribution in [1.82, 2.24) is 9.80 Å². The van der Waals surface area contributed by atoms with E-state index in [1.807, 2.05) is 20.8 Å². The van der Waals surface area contributed by atoms with E-state index >= 15 is 0 Å². The molecular formula is C27H38N2O5. The number of likely N-dealkylation sites (tertiary alicyclic amines) is 2. The third-order valence-corrected chi connectivity index (χ3v) is 9.27. The molecule has 0 radical (unpaired) electrons. The number of ether oxygens (including phenoxy) is 3. The van der Waals surface area contributed by atoms with Gasteiger partial charge in [-0.3, -0.25) is 9.69 Å². The minimum atomic E-state index is -0.496. The number of carbonyl (C=O) groups is 1. The summed E-state index contributed by atoms with van der Waals surface area (Å²) in [7, 11) is 3.93. The van der Waals surface area contributed by atoms with Crippen LogP contribution in [-0.4, -0.2) is 78.0 Å². The lowest BCUT2D eigenvalue weighted by atomic mass is 9.51. The molecule has 34 heavy (non-hydrogen) atoms. The Morgan fingerprint density at radius 3 is 2.74 bits per heavy atom. The highest BCUT2D eigenvalue weighted by molar-refractivity contribution is 5.76. The molecule has 6 atom stereocenters. The Labute approximate surface area is 202 Å². The second-order valence-electron chi connectivity index (χ2n) is 12.0. The zero-order valence-corrected chi connectivity index (χ0v) is 21.1. The lowest BCUT2D eigenvalue weighted by Gasteiger charge is -2.60. The van der Waals surface area contributed by atoms with Gasteiger partial charge in [0.1, 0.15) is 23.5 Å². The third-order valence-electron chi connectivity index (χ3n) is 9.27. The smallest absolute Gasteiger partial charge is 0.323 e. The predicted octanol–water partition coefficient (Wildman–Crippen LogP) is 3.24. The molecule has 3 heterocycles. The summed E-state index contributed by atoms with van der Waals surface area (Å²) in [6, 6.07) is 2.08. The van der Waals surface area contributed by atoms with Crippen LogP contribution in [0.2, 0.25) is 0 Å². The number of phenols is 1. The van der Waals surface area contributed by atoms with Gasteiger partial charge in [0.15, 0.2) is 11.5 Å². The van der Waals surface area contributed by atoms with Gasteiger partial charge >= 0.3 is 5.97 Å². The average Bonchev–Trinajstić information content (AvgIpc) is 3.39. The van der Waals surface area contributed by atoms with Crippen LogP contribution in [0.3, 0.4) is 0 Å². The quantitative estimate of drug-likeness (QED) is 0.680. The summed E-state index contributed by atoms with van der Waals surface area (Å²) in [4.78, 5) is 18.1. The number of phenolic OH excluding ortho intramolecular Hbond substituents is 1. The molecule has 186 valence electrons. The Morgan fingerprint density at radius 2 is 2.00 bits per heavy atom. The molecule has 1 saturated carbocycles. The van der Waals surface area contributed by atoms with Crippen LogP contribution in [0.1, 0.15) is 64.0 Å². The molecule has 0 aromatic heterocycles. The van der Waals surface area contributed by atoms with Crippen LogP contribution in [0.25, 0.3) is 0 Å². The van der Waals surface area contributed by atoms with Crippen LogP contribution in [-0.2, 0) is 21.4 Å². The number of methoxy groups -OCH3 is 1. The van der Waals surface area contributed by atoms with Gasteiger partial charge in [-0.2, -0.15) is 0 Å². The van der Waals surface area contributed by atoms with Crippen LogP contribution in [0.4, 0.5) is 0 Å². The van der Waals surface area contributed by atoms with E-state index < -0.39 is 5.60 Å². The highest BCUT2D eigenvalue weighted by Crippen LogP contribution is 2.65. The SMILES string of the molecule is COc1cc(O)c2c3c1C[C@@H]1[C@@H]4CC[C@H](N5CCC[C@H]5C(=O)OC(C)(C)C)[C@H](O2)[C@]34CCN1C. The van der Waals surface area contributed by atoms with E-state index in [9.17, 15) is 9.90 Å². The van der Waals surface area contributed by atoms with Gasteiger partial charge in [-0.25, -0.2) is 0 Å². The number of esters is 1. The summed E-state index contributed by atoms with van der Waals surface area (Å²) in [5, 5.41) is 11.0. The largest absolute Gasteiger partial charge is 0.504 e. The molecule has 3 aliphatic heterocycles. The second-order valence-corrected chi connectivity index (χ2v) is 12.0. The van der Waals surface area contributed by atoms with Gasteiger partial charge < -0.3 is 24.2 Å². The van der Waals surface area contributed by atoms with Crippen LogP contribution in [0, 0.1) is 5.92 Å². The Kier molecular flexibility index (Phi) is 4.96. The van der Waals surface area contributed by atoms with Crippen molar-refractivity contribution < 1.29 is 24.1 Å². The highest BCUT2D eigenvalue weighted by atomic mass is 16.6. The van der Waals surface area contributed by atoms with Crippen LogP contribution >= 0.6 is 0 Å². The molecule has 5 aliphatic rings. The summed E-state index contributed by atoms with van der Waals surface area (Å²) in [5.41, 5.74) is 1.76. The minimum Gasteiger partial charge on any atom is -0.504 e. The van der Waals surface area contributed by atoms with Gasteiger partial charge in [0.2, 0.25) is 0 Å². The number of aromatic hydroxyl groups is 1. The lowest BCUT2D eigenvalue weighted by Crippen LogP contribution is -2.69. The van der Waals surface area contributed by atoms with Crippen molar-refractivity contribution >= 4 is 5.97 Å². The topological polar surface area (TPSA) is 71.5 Å². The molecule has 7 heteroatoms. The van der Waals surface area contributed by atoms with Gasteiger partial charge in [0, 0.05) is 34.7 Å². The van der Waals surface area contributed by atoms with Crippen molar-refractivity contribution in [3.05, 3.63) is 17.2 Å². The molecule has 1 aromatic rings. The first-order valence-electron chi connectivity index (χ1n) is 12.9. The zero-order chi connectivity index (χ0) is 24.0. The standard InChI is InChI=1S/C27H38N2O5/c1-26(2,3)34-25(31)18-7-6-11-29(18)17-9-8-16-19-13-15-21(32-5)14-20(30)23-22(15)27(16,24(17)33-23)10-12-28(19)4/h14,16-19,24,30H,6-13H2,1-5H3/t16-,17-,18-,19+,24-,27-/m0/s1. The third kappa shape index (κ3) is 2.98. The van der Waals surface area contributed by atoms with Crippen LogP contribution in [0.5, 0.6) is 17.2 Å². The maximum atomic E-state index is 13.2. The van der Waals surface area contributed by atoms with Gasteiger partial charge in [-0.15, -0.1) is 0 Å². The van der Waals surface area contributed by atoms with Gasteiger partial charge in [0.25, 0.3) is 0 Å². The van der Waals surface area contributed by atoms with Gasteiger partial charge in [-0.1, -0.05) is 0 Å². The molecule has 0 amide bonds. The van der Waals surface area contributed by atoms with Crippen molar-refractivity contribution in [3.8, 4) is 17.2 Å². The van der Waals surface area contributed by atoms with Gasteiger partial charge in [0.05, 0.1) is 7.11 Å². The first-order valence-corrected chi connectivity index (χ1v) is 12.9. The fourth-order valence-corrected chi connectivity index (χ4v) is 8.09. The zero-order valence-electron chi connectivity index (χ0n) is 21.1. The monoisotopic (exact) mass is 470 g/mol. The van der Waals surface area contributed by atoms with Crippen LogP contribution in [0.15, 0.2) is 6.07 Å². The summed E-state index contributed by atoms with van der Waals surface area (Å²) >= 11 is 0. The molecular weight excluding hydrogens is 432 g/mol. The summed E-state index contributed by atoms with van der Waals surface area (Å²) in [6.45, 7) is 7.70. The molecule has 0 unspecified atom stereocenters. The Bertz CT molecular complexity index is 1020. The maximum absolute atomic E-state index is 13.2.